The number of hydrogen-bond donors (Lipinski definition) is 0. The molecule has 3 heteroatoms. The zero-order valence-electron chi connectivity index (χ0n) is 13.9. The largest absolute Gasteiger partial charge is 0.337 e. The van der Waals surface area contributed by atoms with Crippen molar-refractivity contribution < 1.29 is 4.79 Å². The molecule has 2 aromatic rings. The Morgan fingerprint density at radius 3 is 2.43 bits per heavy atom. The molecule has 0 unspecified atom stereocenters. The standard InChI is InChI=1S/C20H24N2O/c1-16(2)21-12-14-22(15-13-21)20(23)11-10-18-8-5-7-17-6-3-4-9-19(17)18/h3-11,16H,12-15H2,1-2H3/b11-10+. The van der Waals surface area contributed by atoms with E-state index in [1.165, 1.54) is 10.8 Å². The average Bonchev–Trinajstić information content (AvgIpc) is 2.59. The van der Waals surface area contributed by atoms with Gasteiger partial charge >= 0.3 is 0 Å². The van der Waals surface area contributed by atoms with E-state index in [1.54, 1.807) is 6.08 Å². The van der Waals surface area contributed by atoms with Crippen LogP contribution >= 0.6 is 0 Å². The molecule has 1 fully saturated rings. The fraction of sp³-hybridized carbons (Fsp3) is 0.350. The van der Waals surface area contributed by atoms with Crippen LogP contribution in [0, 0.1) is 0 Å². The third kappa shape index (κ3) is 3.62. The van der Waals surface area contributed by atoms with E-state index in [4.69, 9.17) is 0 Å². The van der Waals surface area contributed by atoms with Crippen LogP contribution in [0.3, 0.4) is 0 Å². The maximum Gasteiger partial charge on any atom is 0.246 e. The number of rotatable bonds is 3. The van der Waals surface area contributed by atoms with Crippen molar-refractivity contribution in [3.63, 3.8) is 0 Å². The first-order chi connectivity index (χ1) is 11.1. The minimum absolute atomic E-state index is 0.112. The lowest BCUT2D eigenvalue weighted by Crippen LogP contribution is -2.50. The van der Waals surface area contributed by atoms with Gasteiger partial charge in [-0.15, -0.1) is 0 Å². The Kier molecular flexibility index (Phi) is 4.77. The number of piperazine rings is 1. The number of fused-ring (bicyclic) bond motifs is 1. The van der Waals surface area contributed by atoms with E-state index in [9.17, 15) is 4.79 Å². The Balaban J connectivity index is 1.69. The predicted molar refractivity (Wildman–Crippen MR) is 96.3 cm³/mol. The van der Waals surface area contributed by atoms with Crippen molar-refractivity contribution >= 4 is 22.8 Å². The van der Waals surface area contributed by atoms with Crippen molar-refractivity contribution in [1.29, 1.82) is 0 Å². The zero-order chi connectivity index (χ0) is 16.2. The smallest absolute Gasteiger partial charge is 0.246 e. The molecule has 0 N–H and O–H groups in total. The second-order valence-electron chi connectivity index (χ2n) is 6.36. The number of hydrogen-bond acceptors (Lipinski definition) is 2. The molecule has 1 heterocycles. The quantitative estimate of drug-likeness (QED) is 0.811. The van der Waals surface area contributed by atoms with E-state index in [2.05, 4.69) is 43.0 Å². The molecule has 1 aliphatic heterocycles. The molecule has 1 aliphatic rings. The van der Waals surface area contributed by atoms with Crippen molar-refractivity contribution in [3.8, 4) is 0 Å². The number of amides is 1. The topological polar surface area (TPSA) is 23.6 Å². The molecule has 0 spiro atoms. The molecule has 3 nitrogen and oxygen atoms in total. The first-order valence-electron chi connectivity index (χ1n) is 8.34. The SMILES string of the molecule is CC(C)N1CCN(C(=O)/C=C/c2cccc3ccccc23)CC1. The van der Waals surface area contributed by atoms with Crippen LogP contribution in [0.4, 0.5) is 0 Å². The number of carbonyl (C=O) groups excluding carboxylic acids is 1. The normalized spacial score (nSPS) is 16.6. The monoisotopic (exact) mass is 308 g/mol. The van der Waals surface area contributed by atoms with Gasteiger partial charge in [0.25, 0.3) is 0 Å². The average molecular weight is 308 g/mol. The van der Waals surface area contributed by atoms with Gasteiger partial charge in [0.05, 0.1) is 0 Å². The van der Waals surface area contributed by atoms with E-state index in [-0.39, 0.29) is 5.91 Å². The van der Waals surface area contributed by atoms with E-state index in [1.807, 2.05) is 29.2 Å². The molecule has 23 heavy (non-hydrogen) atoms. The maximum absolute atomic E-state index is 12.4. The molecule has 120 valence electrons. The predicted octanol–water partition coefficient (Wildman–Crippen LogP) is 3.41. The molecular formula is C20H24N2O. The number of carbonyl (C=O) groups is 1. The lowest BCUT2D eigenvalue weighted by atomic mass is 10.0. The van der Waals surface area contributed by atoms with Gasteiger partial charge in [-0.2, -0.15) is 0 Å². The number of nitrogens with zero attached hydrogens (tertiary/aromatic N) is 2. The summed E-state index contributed by atoms with van der Waals surface area (Å²) in [7, 11) is 0. The van der Waals surface area contributed by atoms with Crippen LogP contribution in [0.25, 0.3) is 16.8 Å². The molecule has 0 saturated carbocycles. The van der Waals surface area contributed by atoms with E-state index in [0.717, 1.165) is 31.7 Å². The van der Waals surface area contributed by atoms with Crippen LogP contribution < -0.4 is 0 Å². The van der Waals surface area contributed by atoms with Crippen molar-refractivity contribution in [1.82, 2.24) is 9.80 Å². The summed E-state index contributed by atoms with van der Waals surface area (Å²) in [5.74, 6) is 0.112. The van der Waals surface area contributed by atoms with Gasteiger partial charge in [-0.25, -0.2) is 0 Å². The third-order valence-corrected chi connectivity index (χ3v) is 4.59. The highest BCUT2D eigenvalue weighted by atomic mass is 16.2. The fourth-order valence-electron chi connectivity index (χ4n) is 3.12. The molecule has 0 atom stereocenters. The highest BCUT2D eigenvalue weighted by Crippen LogP contribution is 2.19. The summed E-state index contributed by atoms with van der Waals surface area (Å²) in [5, 5.41) is 2.39. The van der Waals surface area contributed by atoms with Gasteiger partial charge in [-0.05, 0) is 36.3 Å². The molecule has 3 rings (SSSR count). The lowest BCUT2D eigenvalue weighted by Gasteiger charge is -2.36. The molecule has 0 bridgehead atoms. The van der Waals surface area contributed by atoms with Gasteiger partial charge in [-0.1, -0.05) is 42.5 Å². The highest BCUT2D eigenvalue weighted by Gasteiger charge is 2.20. The van der Waals surface area contributed by atoms with Crippen molar-refractivity contribution in [2.75, 3.05) is 26.2 Å². The summed E-state index contributed by atoms with van der Waals surface area (Å²) in [4.78, 5) is 16.8. The summed E-state index contributed by atoms with van der Waals surface area (Å²) >= 11 is 0. The summed E-state index contributed by atoms with van der Waals surface area (Å²) in [5.41, 5.74) is 1.09. The molecule has 1 saturated heterocycles. The lowest BCUT2D eigenvalue weighted by molar-refractivity contribution is -0.127. The van der Waals surface area contributed by atoms with Crippen molar-refractivity contribution in [2.24, 2.45) is 0 Å². The van der Waals surface area contributed by atoms with Gasteiger partial charge in [0.2, 0.25) is 5.91 Å². The van der Waals surface area contributed by atoms with Crippen molar-refractivity contribution in [3.05, 3.63) is 54.1 Å². The van der Waals surface area contributed by atoms with Gasteiger partial charge in [0.15, 0.2) is 0 Å². The highest BCUT2D eigenvalue weighted by molar-refractivity contribution is 5.96. The van der Waals surface area contributed by atoms with E-state index >= 15 is 0 Å². The molecule has 2 aromatic carbocycles. The molecule has 0 radical (unpaired) electrons. The van der Waals surface area contributed by atoms with Gasteiger partial charge in [0.1, 0.15) is 0 Å². The second-order valence-corrected chi connectivity index (χ2v) is 6.36. The summed E-state index contributed by atoms with van der Waals surface area (Å²) in [6.07, 6.45) is 3.66. The Labute approximate surface area is 138 Å². The minimum Gasteiger partial charge on any atom is -0.337 e. The molecule has 1 amide bonds. The Morgan fingerprint density at radius 1 is 1.00 bits per heavy atom. The second kappa shape index (κ2) is 6.97. The van der Waals surface area contributed by atoms with Crippen molar-refractivity contribution in [2.45, 2.75) is 19.9 Å². The molecule has 0 aromatic heterocycles. The zero-order valence-corrected chi connectivity index (χ0v) is 13.9. The minimum atomic E-state index is 0.112. The van der Waals surface area contributed by atoms with E-state index < -0.39 is 0 Å². The maximum atomic E-state index is 12.4. The van der Waals surface area contributed by atoms with Crippen LogP contribution in [0.2, 0.25) is 0 Å². The van der Waals surface area contributed by atoms with E-state index in [0.29, 0.717) is 6.04 Å². The fourth-order valence-corrected chi connectivity index (χ4v) is 3.12. The Hall–Kier alpha value is -2.13. The van der Waals surface area contributed by atoms with Crippen LogP contribution in [0.15, 0.2) is 48.5 Å². The van der Waals surface area contributed by atoms with Gasteiger partial charge in [-0.3, -0.25) is 9.69 Å². The summed E-state index contributed by atoms with van der Waals surface area (Å²) < 4.78 is 0. The van der Waals surface area contributed by atoms with Gasteiger partial charge < -0.3 is 4.90 Å². The summed E-state index contributed by atoms with van der Waals surface area (Å²) in [6.45, 7) is 7.97. The Morgan fingerprint density at radius 2 is 1.70 bits per heavy atom. The van der Waals surface area contributed by atoms with Crippen LogP contribution in [-0.2, 0) is 4.79 Å². The first-order valence-corrected chi connectivity index (χ1v) is 8.34. The summed E-state index contributed by atoms with van der Waals surface area (Å²) in [6, 6.07) is 15.0. The van der Waals surface area contributed by atoms with Crippen LogP contribution in [-0.4, -0.2) is 47.9 Å². The van der Waals surface area contributed by atoms with Gasteiger partial charge in [0, 0.05) is 38.3 Å². The number of benzene rings is 2. The van der Waals surface area contributed by atoms with Crippen LogP contribution in [0.5, 0.6) is 0 Å². The van der Waals surface area contributed by atoms with Crippen LogP contribution in [0.1, 0.15) is 19.4 Å². The molecule has 0 aliphatic carbocycles. The first kappa shape index (κ1) is 15.8. The molecular weight excluding hydrogens is 284 g/mol. The third-order valence-electron chi connectivity index (χ3n) is 4.59. The Bertz CT molecular complexity index is 707.